The fraction of sp³-hybridized carbons (Fsp3) is 0.143. The van der Waals surface area contributed by atoms with Crippen LogP contribution in [0.15, 0.2) is 140 Å². The number of fused-ring (bicyclic) bond motifs is 7. The van der Waals surface area contributed by atoms with E-state index in [1.165, 1.54) is 39.0 Å². The largest absolute Gasteiger partial charge is 0.283 e. The number of rotatable bonds is 6. The van der Waals surface area contributed by atoms with E-state index in [1.807, 2.05) is 18.2 Å². The van der Waals surface area contributed by atoms with E-state index >= 15 is 0 Å². The van der Waals surface area contributed by atoms with Gasteiger partial charge in [-0.3, -0.25) is 16.0 Å². The molecule has 188 valence electrons. The molecule has 1 saturated heterocycles. The lowest BCUT2D eigenvalue weighted by Crippen LogP contribution is -2.65. The second kappa shape index (κ2) is 10.0. The topological polar surface area (TPSA) is 36.1 Å². The SMILES string of the molecule is C=C/C=C\C=C\C1NC(C)NC(C(=C)/C=C\C2=Cc3ccccc3C23c2ccccc2-c2ccccc23)N1. The zero-order valence-corrected chi connectivity index (χ0v) is 21.7. The highest BCUT2D eigenvalue weighted by Crippen LogP contribution is 2.60. The number of allylic oxidation sites excluding steroid dienone is 6. The molecule has 3 aliphatic rings. The minimum absolute atomic E-state index is 0.0331. The molecule has 3 aromatic carbocycles. The van der Waals surface area contributed by atoms with E-state index in [9.17, 15) is 0 Å². The van der Waals surface area contributed by atoms with Crippen LogP contribution in [0.3, 0.4) is 0 Å². The Balaban J connectivity index is 1.36. The molecule has 1 aliphatic heterocycles. The van der Waals surface area contributed by atoms with Gasteiger partial charge in [-0.1, -0.05) is 128 Å². The van der Waals surface area contributed by atoms with Crippen LogP contribution in [0, 0.1) is 0 Å². The Bertz CT molecular complexity index is 1470. The smallest absolute Gasteiger partial charge is 0.0855 e. The molecule has 38 heavy (non-hydrogen) atoms. The zero-order chi connectivity index (χ0) is 26.1. The maximum Gasteiger partial charge on any atom is 0.0855 e. The summed E-state index contributed by atoms with van der Waals surface area (Å²) in [6.45, 7) is 10.3. The Labute approximate surface area is 225 Å². The highest BCUT2D eigenvalue weighted by Gasteiger charge is 2.49. The van der Waals surface area contributed by atoms with Crippen LogP contribution in [0.25, 0.3) is 17.2 Å². The summed E-state index contributed by atoms with van der Waals surface area (Å²) < 4.78 is 0. The molecule has 0 radical (unpaired) electrons. The first-order chi connectivity index (χ1) is 18.6. The lowest BCUT2D eigenvalue weighted by atomic mass is 9.69. The highest BCUT2D eigenvalue weighted by atomic mass is 15.3. The fourth-order valence-corrected chi connectivity index (χ4v) is 6.18. The molecule has 3 heteroatoms. The van der Waals surface area contributed by atoms with Crippen molar-refractivity contribution in [3.63, 3.8) is 0 Å². The van der Waals surface area contributed by atoms with Gasteiger partial charge in [0.25, 0.3) is 0 Å². The molecule has 0 amide bonds. The van der Waals surface area contributed by atoms with Crippen LogP contribution in [0.1, 0.15) is 29.2 Å². The summed E-state index contributed by atoms with van der Waals surface area (Å²) in [7, 11) is 0. The van der Waals surface area contributed by atoms with Gasteiger partial charge in [0.2, 0.25) is 0 Å². The molecule has 3 unspecified atom stereocenters. The highest BCUT2D eigenvalue weighted by molar-refractivity contribution is 5.92. The van der Waals surface area contributed by atoms with Crippen molar-refractivity contribution in [1.82, 2.24) is 16.0 Å². The zero-order valence-electron chi connectivity index (χ0n) is 21.7. The summed E-state index contributed by atoms with van der Waals surface area (Å²) in [5, 5.41) is 10.7. The molecule has 3 atom stereocenters. The predicted molar refractivity (Wildman–Crippen MR) is 159 cm³/mol. The number of hydrogen-bond donors (Lipinski definition) is 3. The molecule has 0 bridgehead atoms. The van der Waals surface area contributed by atoms with Crippen molar-refractivity contribution < 1.29 is 0 Å². The third kappa shape index (κ3) is 3.97. The molecular weight excluding hydrogens is 462 g/mol. The third-order valence-corrected chi connectivity index (χ3v) is 7.76. The monoisotopic (exact) mass is 495 g/mol. The molecule has 1 heterocycles. The molecule has 3 nitrogen and oxygen atoms in total. The Morgan fingerprint density at radius 3 is 2.16 bits per heavy atom. The molecule has 0 saturated carbocycles. The third-order valence-electron chi connectivity index (χ3n) is 7.76. The van der Waals surface area contributed by atoms with Crippen molar-refractivity contribution in [2.45, 2.75) is 30.8 Å². The van der Waals surface area contributed by atoms with Crippen LogP contribution >= 0.6 is 0 Å². The number of benzene rings is 3. The van der Waals surface area contributed by atoms with Gasteiger partial charge in [0.15, 0.2) is 0 Å². The Morgan fingerprint density at radius 2 is 1.45 bits per heavy atom. The average Bonchev–Trinajstić information content (AvgIpc) is 3.44. The predicted octanol–water partition coefficient (Wildman–Crippen LogP) is 6.59. The first kappa shape index (κ1) is 24.3. The van der Waals surface area contributed by atoms with Crippen molar-refractivity contribution in [2.75, 3.05) is 0 Å². The minimum atomic E-state index is -0.328. The van der Waals surface area contributed by atoms with Crippen LogP contribution in [0.4, 0.5) is 0 Å². The Hall–Kier alpha value is -4.02. The van der Waals surface area contributed by atoms with Crippen molar-refractivity contribution in [1.29, 1.82) is 0 Å². The first-order valence-corrected chi connectivity index (χ1v) is 13.2. The summed E-state index contributed by atoms with van der Waals surface area (Å²) in [6.07, 6.45) is 16.7. The van der Waals surface area contributed by atoms with Crippen LogP contribution in [0.5, 0.6) is 0 Å². The van der Waals surface area contributed by atoms with E-state index in [0.29, 0.717) is 0 Å². The van der Waals surface area contributed by atoms with Crippen molar-refractivity contribution in [3.8, 4) is 11.1 Å². The molecule has 1 spiro atoms. The molecule has 3 N–H and O–H groups in total. The van der Waals surface area contributed by atoms with Gasteiger partial charge >= 0.3 is 0 Å². The molecule has 6 rings (SSSR count). The van der Waals surface area contributed by atoms with Gasteiger partial charge in [-0.2, -0.15) is 0 Å². The molecule has 0 aromatic heterocycles. The van der Waals surface area contributed by atoms with Crippen LogP contribution in [0.2, 0.25) is 0 Å². The summed E-state index contributed by atoms with van der Waals surface area (Å²) in [5.41, 5.74) is 9.86. The van der Waals surface area contributed by atoms with Gasteiger partial charge in [0.1, 0.15) is 0 Å². The van der Waals surface area contributed by atoms with Crippen LogP contribution in [-0.4, -0.2) is 18.5 Å². The van der Waals surface area contributed by atoms with Crippen LogP contribution in [-0.2, 0) is 5.41 Å². The Kier molecular flexibility index (Phi) is 6.42. The maximum atomic E-state index is 4.45. The Morgan fingerprint density at radius 1 is 0.789 bits per heavy atom. The maximum absolute atomic E-state index is 4.45. The van der Waals surface area contributed by atoms with Gasteiger partial charge < -0.3 is 0 Å². The van der Waals surface area contributed by atoms with Crippen molar-refractivity contribution in [3.05, 3.63) is 162 Å². The minimum Gasteiger partial charge on any atom is -0.283 e. The standard InChI is InChI=1S/C35H33N3/c1-4-5-6-7-20-33-36-25(3)37-34(38-33)24(2)21-22-27-23-26-14-8-11-17-30(26)35(27)31-18-12-9-15-28(31)29-16-10-13-19-32(29)35/h4-23,25,33-34,36-38H,1-2H2,3H3/b6-5-,20-7+,22-21-. The lowest BCUT2D eigenvalue weighted by molar-refractivity contribution is 0.262. The van der Waals surface area contributed by atoms with Crippen molar-refractivity contribution in [2.24, 2.45) is 0 Å². The van der Waals surface area contributed by atoms with Gasteiger partial charge in [-0.25, -0.2) is 0 Å². The normalized spacial score (nSPS) is 23.1. The summed E-state index contributed by atoms with van der Waals surface area (Å²) >= 11 is 0. The summed E-state index contributed by atoms with van der Waals surface area (Å²) in [5.74, 6) is 0. The molecule has 2 aliphatic carbocycles. The second-order valence-electron chi connectivity index (χ2n) is 10.1. The second-order valence-corrected chi connectivity index (χ2v) is 10.1. The quantitative estimate of drug-likeness (QED) is 0.338. The van der Waals surface area contributed by atoms with E-state index in [0.717, 1.165) is 5.57 Å². The molecule has 3 aromatic rings. The van der Waals surface area contributed by atoms with E-state index in [1.54, 1.807) is 6.08 Å². The van der Waals surface area contributed by atoms with Gasteiger partial charge in [0.05, 0.1) is 23.9 Å². The van der Waals surface area contributed by atoms with Gasteiger partial charge in [0, 0.05) is 0 Å². The average molecular weight is 496 g/mol. The van der Waals surface area contributed by atoms with Crippen molar-refractivity contribution >= 4 is 6.08 Å². The van der Waals surface area contributed by atoms with Gasteiger partial charge in [-0.15, -0.1) is 0 Å². The fourth-order valence-electron chi connectivity index (χ4n) is 6.18. The molecular formula is C35H33N3. The summed E-state index contributed by atoms with van der Waals surface area (Å²) in [4.78, 5) is 0. The van der Waals surface area contributed by atoms with E-state index in [-0.39, 0.29) is 23.9 Å². The van der Waals surface area contributed by atoms with E-state index < -0.39 is 0 Å². The first-order valence-electron chi connectivity index (χ1n) is 13.2. The van der Waals surface area contributed by atoms with E-state index in [4.69, 9.17) is 0 Å². The summed E-state index contributed by atoms with van der Waals surface area (Å²) in [6, 6.07) is 26.5. The number of nitrogens with one attached hydrogen (secondary N) is 3. The van der Waals surface area contributed by atoms with Crippen LogP contribution < -0.4 is 16.0 Å². The molecule has 1 fully saturated rings. The lowest BCUT2D eigenvalue weighted by Gasteiger charge is -2.36. The van der Waals surface area contributed by atoms with Gasteiger partial charge in [-0.05, 0) is 57.5 Å². The van der Waals surface area contributed by atoms with E-state index in [2.05, 4.69) is 133 Å². The number of hydrogen-bond acceptors (Lipinski definition) is 3.